The minimum Gasteiger partial charge on any atom is -0.360 e. The quantitative estimate of drug-likeness (QED) is 0.0386. The Labute approximate surface area is 782 Å². The van der Waals surface area contributed by atoms with Gasteiger partial charge in [-0.3, -0.25) is 42.4 Å². The largest absolute Gasteiger partial charge is 0.360 e. The number of anilines is 4. The summed E-state index contributed by atoms with van der Waals surface area (Å²) in [6.07, 6.45) is 21.8. The molecule has 0 amide bonds. The molecule has 0 spiro atoms. The second-order valence-electron chi connectivity index (χ2n) is 32.9. The van der Waals surface area contributed by atoms with Crippen LogP contribution in [0.4, 0.5) is 23.5 Å². The van der Waals surface area contributed by atoms with E-state index >= 15 is 0 Å². The van der Waals surface area contributed by atoms with Crippen LogP contribution in [0.2, 0.25) is 0 Å². The Hall–Kier alpha value is -18.4. The van der Waals surface area contributed by atoms with Gasteiger partial charge in [-0.1, -0.05) is 133 Å². The molecule has 0 radical (unpaired) electrons. The fourth-order valence-corrected chi connectivity index (χ4v) is 16.9. The predicted molar refractivity (Wildman–Crippen MR) is 529 cm³/mol. The van der Waals surface area contributed by atoms with Gasteiger partial charge in [0.25, 0.3) is 28.6 Å². The van der Waals surface area contributed by atoms with Crippen molar-refractivity contribution in [2.75, 3.05) is 21.3 Å². The summed E-state index contributed by atoms with van der Waals surface area (Å²) >= 11 is 0. The molecule has 22 aromatic rings. The van der Waals surface area contributed by atoms with Gasteiger partial charge in [0.15, 0.2) is 22.9 Å². The van der Waals surface area contributed by atoms with Crippen molar-refractivity contribution in [3.63, 3.8) is 0 Å². The van der Waals surface area contributed by atoms with Crippen LogP contribution in [0.1, 0.15) is 103 Å². The Bertz CT molecular complexity index is 8200. The number of aryl methyl sites for hydroxylation is 6. The third-order valence-corrected chi connectivity index (χ3v) is 23.4. The molecule has 137 heavy (non-hydrogen) atoms. The van der Waals surface area contributed by atoms with Gasteiger partial charge in [0.2, 0.25) is 18.2 Å². The van der Waals surface area contributed by atoms with Crippen molar-refractivity contribution in [2.45, 2.75) is 86.5 Å². The highest BCUT2D eigenvalue weighted by atomic mass is 16.1. The van der Waals surface area contributed by atoms with Crippen LogP contribution < -0.4 is 48.1 Å². The van der Waals surface area contributed by atoms with Gasteiger partial charge in [0, 0.05) is 80.5 Å². The highest BCUT2D eigenvalue weighted by molar-refractivity contribution is 5.97. The average Bonchev–Trinajstić information content (AvgIpc) is 1.54. The number of H-pyrrole nitrogens is 2. The molecule has 34 heteroatoms. The molecule has 14 heterocycles. The van der Waals surface area contributed by atoms with Crippen molar-refractivity contribution in [1.29, 1.82) is 0 Å². The SMILES string of the molecule is Cc1ccc(-c2cccc3cc([C@H](C)Nc4ncnc(C)n4)n(-c4ccccc4)c(=O)c23)cn1.Cc1cn(-c2cccc3cc([C@H](C)Nc4ncnc5nc[nH]c45)n(-c4ccccc4)c(=O)c23)cn1.Cc1cnn(-c2cccc3cc([C@H](C)Nc4ncnc5nc[nH]c45)n(-c4ccccc4)c(=O)c23)c1.Cc1ncnc(N[C@@H](C)c2cc3cccc(-[n+]4cnn(C)c4)c3c(=O)n2-c2ccccc2)n1. The highest BCUT2D eigenvalue weighted by Crippen LogP contribution is 2.35. The maximum atomic E-state index is 14.1. The zero-order chi connectivity index (χ0) is 94.5. The minimum atomic E-state index is -0.260. The summed E-state index contributed by atoms with van der Waals surface area (Å²) in [7, 11) is 1.85. The van der Waals surface area contributed by atoms with E-state index in [9.17, 15) is 19.2 Å². The number of fused-ring (bicyclic) bond motifs is 6. The number of pyridine rings is 5. The zero-order valence-corrected chi connectivity index (χ0v) is 76.1. The van der Waals surface area contributed by atoms with Gasteiger partial charge >= 0.3 is 0 Å². The Morgan fingerprint density at radius 3 is 1.24 bits per heavy atom. The summed E-state index contributed by atoms with van der Waals surface area (Å²) in [5.74, 6) is 3.41. The normalized spacial score (nSPS) is 12.2. The van der Waals surface area contributed by atoms with Crippen LogP contribution in [0.3, 0.4) is 0 Å². The van der Waals surface area contributed by atoms with Crippen LogP contribution in [0, 0.1) is 34.6 Å². The van der Waals surface area contributed by atoms with Crippen LogP contribution in [0.25, 0.3) is 116 Å². The van der Waals surface area contributed by atoms with Gasteiger partial charge in [-0.25, -0.2) is 64.1 Å². The van der Waals surface area contributed by atoms with E-state index in [1.54, 1.807) is 59.1 Å². The molecule has 34 nitrogen and oxygen atoms in total. The zero-order valence-electron chi connectivity index (χ0n) is 76.1. The number of hydrogen-bond donors (Lipinski definition) is 6. The molecule has 0 aliphatic carbocycles. The average molecular weight is 1810 g/mol. The number of imidazole rings is 3. The topological polar surface area (TPSA) is 393 Å². The molecule has 0 aliphatic rings. The van der Waals surface area contributed by atoms with Crippen molar-refractivity contribution in [1.82, 2.24) is 122 Å². The van der Waals surface area contributed by atoms with Gasteiger partial charge in [-0.15, -0.1) is 4.68 Å². The number of para-hydroxylation sites is 4. The number of nitrogens with one attached hydrogen (secondary N) is 6. The summed E-state index contributed by atoms with van der Waals surface area (Å²) in [5.41, 5.74) is 15.4. The van der Waals surface area contributed by atoms with Crippen molar-refractivity contribution >= 4 is 88.9 Å². The smallest absolute Gasteiger partial charge is 0.270 e. The van der Waals surface area contributed by atoms with Crippen molar-refractivity contribution in [3.8, 4) is 50.9 Å². The monoisotopic (exact) mass is 1810 g/mol. The van der Waals surface area contributed by atoms with Crippen LogP contribution in [-0.2, 0) is 7.05 Å². The molecule has 22 rings (SSSR count). The van der Waals surface area contributed by atoms with E-state index in [4.69, 9.17) is 0 Å². The fraction of sp³-hybridized carbons (Fsp3) is 0.136. The molecular weight excluding hydrogens is 1720 g/mol. The third-order valence-electron chi connectivity index (χ3n) is 23.4. The molecule has 676 valence electrons. The highest BCUT2D eigenvalue weighted by Gasteiger charge is 2.27. The molecule has 0 saturated heterocycles. The van der Waals surface area contributed by atoms with E-state index in [0.717, 1.165) is 112 Å². The van der Waals surface area contributed by atoms with E-state index < -0.39 is 0 Å². The van der Waals surface area contributed by atoms with E-state index in [2.05, 4.69) is 123 Å². The lowest BCUT2D eigenvalue weighted by Crippen LogP contribution is -2.32. The second kappa shape index (κ2) is 38.2. The summed E-state index contributed by atoms with van der Waals surface area (Å²) in [6, 6.07) is 73.2. The molecule has 0 unspecified atom stereocenters. The molecule has 6 N–H and O–H groups in total. The lowest BCUT2D eigenvalue weighted by molar-refractivity contribution is -0.595. The van der Waals surface area contributed by atoms with E-state index in [0.29, 0.717) is 79.1 Å². The Morgan fingerprint density at radius 2 is 0.803 bits per heavy atom. The molecule has 0 fully saturated rings. The molecule has 8 aromatic carbocycles. The first-order valence-electron chi connectivity index (χ1n) is 44.2. The maximum absolute atomic E-state index is 14.1. The van der Waals surface area contributed by atoms with Crippen LogP contribution in [-0.4, -0.2) is 122 Å². The van der Waals surface area contributed by atoms with Gasteiger partial charge < -0.3 is 35.8 Å². The maximum Gasteiger partial charge on any atom is 0.270 e. The molecule has 14 aromatic heterocycles. The minimum absolute atomic E-state index is 0.0876. The van der Waals surface area contributed by atoms with E-state index in [-0.39, 0.29) is 46.4 Å². The first-order chi connectivity index (χ1) is 66.7. The number of aromatic nitrogens is 26. The summed E-state index contributed by atoms with van der Waals surface area (Å²) < 4.78 is 14.2. The van der Waals surface area contributed by atoms with Crippen molar-refractivity contribution < 1.29 is 4.57 Å². The first-order valence-corrected chi connectivity index (χ1v) is 44.2. The van der Waals surface area contributed by atoms with Gasteiger partial charge in [-0.05, 0) is 192 Å². The van der Waals surface area contributed by atoms with Gasteiger partial charge in [0.05, 0.1) is 95.0 Å². The van der Waals surface area contributed by atoms with Crippen LogP contribution in [0.5, 0.6) is 0 Å². The van der Waals surface area contributed by atoms with Crippen molar-refractivity contribution in [3.05, 3.63) is 405 Å². The molecule has 0 bridgehead atoms. The first kappa shape index (κ1) is 87.9. The number of nitrogens with zero attached hydrogens (tertiary/aromatic N) is 24. The van der Waals surface area contributed by atoms with Crippen LogP contribution >= 0.6 is 0 Å². The molecule has 4 atom stereocenters. The predicted octanol–water partition coefficient (Wildman–Crippen LogP) is 16.3. The Kier molecular flexibility index (Phi) is 24.5. The van der Waals surface area contributed by atoms with E-state index in [1.807, 2.05) is 322 Å². The number of hydrogen-bond acceptors (Lipinski definition) is 24. The van der Waals surface area contributed by atoms with E-state index in [1.165, 1.54) is 25.3 Å². The Balaban J connectivity index is 0.000000117. The van der Waals surface area contributed by atoms with Gasteiger partial charge in [-0.2, -0.15) is 15.1 Å². The van der Waals surface area contributed by atoms with Crippen molar-refractivity contribution in [2.24, 2.45) is 7.05 Å². The summed E-state index contributed by atoms with van der Waals surface area (Å²) in [6.45, 7) is 17.5. The summed E-state index contributed by atoms with van der Waals surface area (Å²) in [4.78, 5) is 122. The number of rotatable bonds is 20. The summed E-state index contributed by atoms with van der Waals surface area (Å²) in [5, 5.41) is 28.1. The number of benzene rings is 8. The number of aromatic amines is 2. The molecule has 0 aliphatic heterocycles. The molecular formula is C103H91N30O4+. The lowest BCUT2D eigenvalue weighted by Gasteiger charge is -2.22. The third kappa shape index (κ3) is 18.1. The lowest BCUT2D eigenvalue weighted by atomic mass is 9.98. The second-order valence-corrected chi connectivity index (χ2v) is 32.9. The Morgan fingerprint density at radius 1 is 0.372 bits per heavy atom. The van der Waals surface area contributed by atoms with Crippen LogP contribution in [0.15, 0.2) is 331 Å². The molecule has 0 saturated carbocycles. The fourth-order valence-electron chi connectivity index (χ4n) is 16.9. The van der Waals surface area contributed by atoms with Gasteiger partial charge in [0.1, 0.15) is 53.7 Å². The standard InChI is InChI=1S/C27H24N6O.2C26H22N8O.C24H23N8O/c1-17-12-13-21(15-28-17)23-11-7-8-20-14-24(18(2)31-27-30-16-29-19(3)32-27)33(26(34)25(20)23)22-9-5-4-6-10-22;1-16-12-33(15-31-16)20-10-6-7-18-11-21(34(26(35)22(18)20)19-8-4-3-5-9-19)17(2)32-25-23-24(28-13-27-23)29-14-30-25;1-16-12-31-33(13-16)20-10-6-7-18-11-21(34(26(35)22(18)20)19-8-4-3-5-9-19)17(2)32-25-23-24(28-14-27-23)29-15-30-25;1-16(28-24-26-13-25-17(2)29-24)21-12-18-8-7-11-20(31-14-27-30(3)15-31)22(18)23(33)32(21)19-9-5-4-6-10-19/h4-16,18H,1-3H3,(H,29,30,31,32);2*3-15,17H,1-2H3,(H2,27,28,29,30,32);4-16H,1-3H3,(H,25,26,28,29)/q;;;+1/t18-;2*17-;16-/m0000/s1.